The van der Waals surface area contributed by atoms with Gasteiger partial charge in [0.15, 0.2) is 0 Å². The van der Waals surface area contributed by atoms with Crippen LogP contribution in [0.4, 0.5) is 0 Å². The molecule has 0 aliphatic carbocycles. The van der Waals surface area contributed by atoms with E-state index in [0.717, 1.165) is 6.54 Å². The molecule has 1 heterocycles. The zero-order chi connectivity index (χ0) is 9.52. The first-order valence-electron chi connectivity index (χ1n) is 4.42. The van der Waals surface area contributed by atoms with Gasteiger partial charge in [0.25, 0.3) is 0 Å². The molecule has 0 saturated carbocycles. The van der Waals surface area contributed by atoms with Crippen LogP contribution < -0.4 is 5.32 Å². The van der Waals surface area contributed by atoms with E-state index in [1.807, 2.05) is 11.8 Å². The molecule has 1 N–H and O–H groups in total. The van der Waals surface area contributed by atoms with E-state index >= 15 is 0 Å². The van der Waals surface area contributed by atoms with Crippen LogP contribution in [0.5, 0.6) is 0 Å². The lowest BCUT2D eigenvalue weighted by molar-refractivity contribution is -0.134. The van der Waals surface area contributed by atoms with Gasteiger partial charge >= 0.3 is 5.97 Å². The second-order valence-electron chi connectivity index (χ2n) is 2.90. The molecule has 0 aromatic heterocycles. The second kappa shape index (κ2) is 5.91. The third kappa shape index (κ3) is 4.22. The van der Waals surface area contributed by atoms with Gasteiger partial charge in [-0.1, -0.05) is 0 Å². The zero-order valence-corrected chi connectivity index (χ0v) is 8.60. The van der Waals surface area contributed by atoms with Crippen LogP contribution in [-0.4, -0.2) is 30.6 Å². The molecule has 1 fully saturated rings. The molecular weight excluding hydrogens is 186 g/mol. The molecule has 3 nitrogen and oxygen atoms in total. The normalized spacial score (nSPS) is 22.1. The maximum Gasteiger partial charge on any atom is 0.331 e. The molecular formula is C9H15NO2S. The van der Waals surface area contributed by atoms with Crippen molar-refractivity contribution in [2.24, 2.45) is 0 Å². The highest BCUT2D eigenvalue weighted by Gasteiger charge is 2.13. The number of ether oxygens (including phenoxy) is 1. The fourth-order valence-corrected chi connectivity index (χ4v) is 2.41. The van der Waals surface area contributed by atoms with Crippen molar-refractivity contribution in [2.75, 3.05) is 19.4 Å². The number of hydrogen-bond donors (Lipinski definition) is 1. The predicted octanol–water partition coefficient (Wildman–Crippen LogP) is 1.16. The summed E-state index contributed by atoms with van der Waals surface area (Å²) in [6, 6.07) is 0. The van der Waals surface area contributed by atoms with Crippen molar-refractivity contribution in [3.05, 3.63) is 12.3 Å². The lowest BCUT2D eigenvalue weighted by Gasteiger charge is -2.06. The number of esters is 1. The maximum absolute atomic E-state index is 10.7. The summed E-state index contributed by atoms with van der Waals surface area (Å²) in [5.41, 5.74) is 0. The minimum atomic E-state index is -0.313. The molecule has 0 bridgehead atoms. The van der Waals surface area contributed by atoms with Crippen LogP contribution in [0, 0.1) is 0 Å². The summed E-state index contributed by atoms with van der Waals surface area (Å²) in [4.78, 5) is 10.7. The highest BCUT2D eigenvalue weighted by Crippen LogP contribution is 2.25. The van der Waals surface area contributed by atoms with Crippen LogP contribution in [0.1, 0.15) is 12.8 Å². The van der Waals surface area contributed by atoms with E-state index in [1.54, 1.807) is 6.20 Å². The van der Waals surface area contributed by atoms with Crippen molar-refractivity contribution >= 4 is 17.7 Å². The smallest absolute Gasteiger partial charge is 0.331 e. The van der Waals surface area contributed by atoms with Crippen molar-refractivity contribution in [2.45, 2.75) is 18.1 Å². The Hall–Kier alpha value is -0.640. The molecule has 4 heteroatoms. The minimum Gasteiger partial charge on any atom is -0.466 e. The molecule has 1 aliphatic rings. The van der Waals surface area contributed by atoms with E-state index in [-0.39, 0.29) is 5.97 Å². The van der Waals surface area contributed by atoms with Gasteiger partial charge in [-0.2, -0.15) is 11.8 Å². The molecule has 1 saturated heterocycles. The van der Waals surface area contributed by atoms with Crippen molar-refractivity contribution in [1.82, 2.24) is 5.32 Å². The summed E-state index contributed by atoms with van der Waals surface area (Å²) >= 11 is 1.99. The summed E-state index contributed by atoms with van der Waals surface area (Å²) in [6.07, 6.45) is 5.66. The van der Waals surface area contributed by atoms with Crippen molar-refractivity contribution in [1.29, 1.82) is 0 Å². The Morgan fingerprint density at radius 1 is 1.77 bits per heavy atom. The Balaban J connectivity index is 2.05. The number of carbonyl (C=O) groups excluding carboxylic acids is 1. The van der Waals surface area contributed by atoms with Crippen LogP contribution in [0.2, 0.25) is 0 Å². The fourth-order valence-electron chi connectivity index (χ4n) is 1.20. The van der Waals surface area contributed by atoms with Gasteiger partial charge in [0.1, 0.15) is 0 Å². The van der Waals surface area contributed by atoms with Gasteiger partial charge in [0, 0.05) is 24.1 Å². The highest BCUT2D eigenvalue weighted by molar-refractivity contribution is 8.00. The number of thioether (sulfide) groups is 1. The molecule has 0 amide bonds. The van der Waals surface area contributed by atoms with Crippen molar-refractivity contribution < 1.29 is 9.53 Å². The van der Waals surface area contributed by atoms with Crippen molar-refractivity contribution in [3.8, 4) is 0 Å². The maximum atomic E-state index is 10.7. The van der Waals surface area contributed by atoms with E-state index in [0.29, 0.717) is 5.25 Å². The second-order valence-corrected chi connectivity index (χ2v) is 4.31. The largest absolute Gasteiger partial charge is 0.466 e. The summed E-state index contributed by atoms with van der Waals surface area (Å²) < 4.78 is 4.45. The topological polar surface area (TPSA) is 38.3 Å². The van der Waals surface area contributed by atoms with Crippen LogP contribution in [0.25, 0.3) is 0 Å². The van der Waals surface area contributed by atoms with Gasteiger partial charge in [-0.3, -0.25) is 0 Å². The summed E-state index contributed by atoms with van der Waals surface area (Å²) in [5, 5.41) is 3.80. The number of carbonyl (C=O) groups is 1. The van der Waals surface area contributed by atoms with Gasteiger partial charge in [0.2, 0.25) is 0 Å². The summed E-state index contributed by atoms with van der Waals surface area (Å²) in [5.74, 6) is 0.958. The van der Waals surface area contributed by atoms with Crippen LogP contribution in [0.3, 0.4) is 0 Å². The van der Waals surface area contributed by atoms with Crippen LogP contribution in [0.15, 0.2) is 12.3 Å². The standard InChI is InChI=1S/C9H15NO2S/c1-12-9(11)4-5-10-7-8-3-2-6-13-8/h4-5,8,10H,2-3,6-7H2,1H3/b5-4+. The Bertz CT molecular complexity index is 188. The first-order valence-corrected chi connectivity index (χ1v) is 5.47. The average molecular weight is 201 g/mol. The van der Waals surface area contributed by atoms with E-state index in [1.165, 1.54) is 31.8 Å². The first-order chi connectivity index (χ1) is 6.33. The monoisotopic (exact) mass is 201 g/mol. The van der Waals surface area contributed by atoms with E-state index in [2.05, 4.69) is 10.1 Å². The van der Waals surface area contributed by atoms with Gasteiger partial charge in [-0.25, -0.2) is 4.79 Å². The molecule has 13 heavy (non-hydrogen) atoms. The molecule has 0 aromatic carbocycles. The number of rotatable bonds is 4. The molecule has 1 unspecified atom stereocenters. The van der Waals surface area contributed by atoms with E-state index < -0.39 is 0 Å². The summed E-state index contributed by atoms with van der Waals surface area (Å²) in [6.45, 7) is 0.943. The minimum absolute atomic E-state index is 0.313. The van der Waals surface area contributed by atoms with Gasteiger partial charge in [-0.15, -0.1) is 0 Å². The molecule has 0 spiro atoms. The average Bonchev–Trinajstić information content (AvgIpc) is 2.64. The fraction of sp³-hybridized carbons (Fsp3) is 0.667. The highest BCUT2D eigenvalue weighted by atomic mass is 32.2. The third-order valence-corrected chi connectivity index (χ3v) is 3.31. The summed E-state index contributed by atoms with van der Waals surface area (Å²) in [7, 11) is 1.37. The molecule has 0 aromatic rings. The number of nitrogens with one attached hydrogen (secondary N) is 1. The Labute approximate surface area is 82.9 Å². The Morgan fingerprint density at radius 3 is 3.23 bits per heavy atom. The molecule has 1 rings (SSSR count). The van der Waals surface area contributed by atoms with Gasteiger partial charge in [0.05, 0.1) is 7.11 Å². The van der Waals surface area contributed by atoms with Crippen LogP contribution in [-0.2, 0) is 9.53 Å². The molecule has 74 valence electrons. The lowest BCUT2D eigenvalue weighted by Crippen LogP contribution is -2.18. The lowest BCUT2D eigenvalue weighted by atomic mass is 10.2. The van der Waals surface area contributed by atoms with Gasteiger partial charge < -0.3 is 10.1 Å². The Kier molecular flexibility index (Phi) is 4.75. The first kappa shape index (κ1) is 10.4. The van der Waals surface area contributed by atoms with E-state index in [9.17, 15) is 4.79 Å². The molecule has 1 atom stereocenters. The predicted molar refractivity (Wildman–Crippen MR) is 54.6 cm³/mol. The quantitative estimate of drug-likeness (QED) is 0.547. The molecule has 1 aliphatic heterocycles. The SMILES string of the molecule is COC(=O)/C=C/NCC1CCCS1. The van der Waals surface area contributed by atoms with Gasteiger partial charge in [-0.05, 0) is 18.6 Å². The Morgan fingerprint density at radius 2 is 2.62 bits per heavy atom. The third-order valence-electron chi connectivity index (χ3n) is 1.91. The molecule has 0 radical (unpaired) electrons. The van der Waals surface area contributed by atoms with Crippen LogP contribution >= 0.6 is 11.8 Å². The number of methoxy groups -OCH3 is 1. The number of hydrogen-bond acceptors (Lipinski definition) is 4. The van der Waals surface area contributed by atoms with Crippen molar-refractivity contribution in [3.63, 3.8) is 0 Å². The zero-order valence-electron chi connectivity index (χ0n) is 7.79. The van der Waals surface area contributed by atoms with E-state index in [4.69, 9.17) is 0 Å².